The van der Waals surface area contributed by atoms with Gasteiger partial charge in [0.25, 0.3) is 0 Å². The Bertz CT molecular complexity index is 380. The van der Waals surface area contributed by atoms with Gasteiger partial charge in [0.05, 0.1) is 4.47 Å². The molecule has 0 bridgehead atoms. The van der Waals surface area contributed by atoms with E-state index in [1.165, 1.54) is 0 Å². The highest BCUT2D eigenvalue weighted by Crippen LogP contribution is 2.37. The van der Waals surface area contributed by atoms with Gasteiger partial charge in [0.1, 0.15) is 17.6 Å². The molecule has 1 rings (SSSR count). The second-order valence-corrected chi connectivity index (χ2v) is 3.70. The number of hydrogen-bond donors (Lipinski definition) is 2. The first-order valence-corrected chi connectivity index (χ1v) is 4.53. The van der Waals surface area contributed by atoms with Crippen LogP contribution in [0.2, 0.25) is 0 Å². The Morgan fingerprint density at radius 2 is 1.87 bits per heavy atom. The quantitative estimate of drug-likeness (QED) is 0.780. The van der Waals surface area contributed by atoms with Crippen LogP contribution in [0.3, 0.4) is 0 Å². The second kappa shape index (κ2) is 3.97. The van der Waals surface area contributed by atoms with Gasteiger partial charge in [0.2, 0.25) is 0 Å². The van der Waals surface area contributed by atoms with Crippen LogP contribution in [0, 0.1) is 5.82 Å². The Morgan fingerprint density at radius 3 is 2.33 bits per heavy atom. The number of nitrogens with two attached hydrogens (primary N) is 1. The van der Waals surface area contributed by atoms with Crippen molar-refractivity contribution >= 4 is 15.9 Å². The van der Waals surface area contributed by atoms with E-state index in [0.717, 1.165) is 6.07 Å². The Kier molecular flexibility index (Phi) is 3.25. The van der Waals surface area contributed by atoms with Crippen molar-refractivity contribution < 1.29 is 22.7 Å². The van der Waals surface area contributed by atoms with Crippen LogP contribution >= 0.6 is 15.9 Å². The maximum Gasteiger partial charge on any atom is 0.407 e. The molecule has 0 radical (unpaired) electrons. The first-order chi connectivity index (χ1) is 6.73. The van der Waals surface area contributed by atoms with Crippen LogP contribution in [0.15, 0.2) is 16.6 Å². The smallest absolute Gasteiger partial charge is 0.407 e. The molecule has 0 heterocycles. The lowest BCUT2D eigenvalue weighted by molar-refractivity contribution is -0.149. The summed E-state index contributed by atoms with van der Waals surface area (Å²) in [6.45, 7) is 0. The fourth-order valence-electron chi connectivity index (χ4n) is 0.977. The van der Waals surface area contributed by atoms with Crippen molar-refractivity contribution in [3.05, 3.63) is 28.0 Å². The highest BCUT2D eigenvalue weighted by atomic mass is 79.9. The van der Waals surface area contributed by atoms with Crippen LogP contribution in [0.4, 0.5) is 17.6 Å². The van der Waals surface area contributed by atoms with Crippen molar-refractivity contribution in [2.45, 2.75) is 12.2 Å². The monoisotopic (exact) mass is 287 g/mol. The van der Waals surface area contributed by atoms with Crippen molar-refractivity contribution in [3.63, 3.8) is 0 Å². The number of hydrogen-bond acceptors (Lipinski definition) is 2. The summed E-state index contributed by atoms with van der Waals surface area (Å²) in [6.07, 6.45) is -4.69. The van der Waals surface area contributed by atoms with E-state index in [1.54, 1.807) is 0 Å². The van der Waals surface area contributed by atoms with Crippen molar-refractivity contribution in [2.75, 3.05) is 0 Å². The molecule has 0 amide bonds. The molecular weight excluding hydrogens is 282 g/mol. The summed E-state index contributed by atoms with van der Waals surface area (Å²) in [5, 5.41) is 9.11. The lowest BCUT2D eigenvalue weighted by atomic mass is 10.1. The molecule has 1 atom stereocenters. The van der Waals surface area contributed by atoms with Crippen molar-refractivity contribution in [3.8, 4) is 5.75 Å². The molecule has 0 aliphatic carbocycles. The molecule has 0 aromatic heterocycles. The predicted molar refractivity (Wildman–Crippen MR) is 48.7 cm³/mol. The lowest BCUT2D eigenvalue weighted by Crippen LogP contribution is -2.28. The van der Waals surface area contributed by atoms with Gasteiger partial charge in [0.15, 0.2) is 0 Å². The lowest BCUT2D eigenvalue weighted by Gasteiger charge is -2.17. The third kappa shape index (κ3) is 2.60. The number of phenols is 1. The Labute approximate surface area is 90.8 Å². The normalized spacial score (nSPS) is 14.0. The number of aromatic hydroxyl groups is 1. The summed E-state index contributed by atoms with van der Waals surface area (Å²) in [6, 6.07) is -0.956. The summed E-state index contributed by atoms with van der Waals surface area (Å²) in [7, 11) is 0. The van der Waals surface area contributed by atoms with Gasteiger partial charge in [-0.1, -0.05) is 0 Å². The average molecular weight is 288 g/mol. The van der Waals surface area contributed by atoms with Gasteiger partial charge in [-0.2, -0.15) is 13.2 Å². The predicted octanol–water partition coefficient (Wildman–Crippen LogP) is 2.86. The van der Waals surface area contributed by atoms with Crippen molar-refractivity contribution in [1.82, 2.24) is 0 Å². The average Bonchev–Trinajstić information content (AvgIpc) is 2.08. The van der Waals surface area contributed by atoms with Gasteiger partial charge < -0.3 is 10.8 Å². The zero-order chi connectivity index (χ0) is 11.8. The van der Waals surface area contributed by atoms with E-state index in [2.05, 4.69) is 15.9 Å². The molecule has 0 fully saturated rings. The minimum atomic E-state index is -4.69. The Balaban J connectivity index is 3.21. The van der Waals surface area contributed by atoms with E-state index in [4.69, 9.17) is 10.8 Å². The van der Waals surface area contributed by atoms with Crippen LogP contribution < -0.4 is 5.73 Å². The minimum absolute atomic E-state index is 0.185. The summed E-state index contributed by atoms with van der Waals surface area (Å²) in [4.78, 5) is 0. The van der Waals surface area contributed by atoms with E-state index in [-0.39, 0.29) is 4.47 Å². The largest absolute Gasteiger partial charge is 0.507 e. The zero-order valence-corrected chi connectivity index (χ0v) is 8.73. The summed E-state index contributed by atoms with van der Waals surface area (Å²) in [5.74, 6) is -1.67. The highest BCUT2D eigenvalue weighted by Gasteiger charge is 2.39. The molecule has 0 saturated carbocycles. The van der Waals surface area contributed by atoms with Gasteiger partial charge in [0, 0.05) is 11.6 Å². The maximum absolute atomic E-state index is 12.8. The third-order valence-corrected chi connectivity index (χ3v) is 2.36. The van der Waals surface area contributed by atoms with E-state index in [1.807, 2.05) is 0 Å². The van der Waals surface area contributed by atoms with Crippen LogP contribution in [-0.2, 0) is 0 Å². The molecular formula is C8H6BrF4NO. The van der Waals surface area contributed by atoms with Crippen molar-refractivity contribution in [1.29, 1.82) is 0 Å². The number of rotatable bonds is 1. The van der Waals surface area contributed by atoms with E-state index >= 15 is 0 Å². The molecule has 2 nitrogen and oxygen atoms in total. The van der Waals surface area contributed by atoms with E-state index in [0.29, 0.717) is 6.07 Å². The first kappa shape index (κ1) is 12.3. The number of benzene rings is 1. The van der Waals surface area contributed by atoms with Crippen molar-refractivity contribution in [2.24, 2.45) is 5.73 Å². The topological polar surface area (TPSA) is 46.2 Å². The summed E-state index contributed by atoms with van der Waals surface area (Å²) in [5.41, 5.74) is 4.29. The molecule has 0 aliphatic rings. The zero-order valence-electron chi connectivity index (χ0n) is 7.15. The maximum atomic E-state index is 12.8. The molecule has 7 heteroatoms. The molecule has 3 N–H and O–H groups in total. The molecule has 0 spiro atoms. The molecule has 0 aliphatic heterocycles. The SMILES string of the molecule is N[C@H](c1cc(Br)c(F)cc1O)C(F)(F)F. The number of phenolic OH excluding ortho intramolecular Hbond substituents is 1. The van der Waals surface area contributed by atoms with Gasteiger partial charge in [-0.25, -0.2) is 4.39 Å². The molecule has 84 valence electrons. The molecule has 1 aromatic carbocycles. The summed E-state index contributed by atoms with van der Waals surface area (Å²) >= 11 is 2.71. The summed E-state index contributed by atoms with van der Waals surface area (Å²) < 4.78 is 49.2. The fourth-order valence-corrected chi connectivity index (χ4v) is 1.34. The van der Waals surface area contributed by atoms with Gasteiger partial charge in [-0.15, -0.1) is 0 Å². The van der Waals surface area contributed by atoms with Gasteiger partial charge in [-0.3, -0.25) is 0 Å². The fraction of sp³-hybridized carbons (Fsp3) is 0.250. The molecule has 0 saturated heterocycles. The van der Waals surface area contributed by atoms with Gasteiger partial charge >= 0.3 is 6.18 Å². The van der Waals surface area contributed by atoms with Crippen LogP contribution in [-0.4, -0.2) is 11.3 Å². The number of alkyl halides is 3. The van der Waals surface area contributed by atoms with Crippen LogP contribution in [0.1, 0.15) is 11.6 Å². The van der Waals surface area contributed by atoms with Gasteiger partial charge in [-0.05, 0) is 22.0 Å². The second-order valence-electron chi connectivity index (χ2n) is 2.84. The van der Waals surface area contributed by atoms with Crippen LogP contribution in [0.5, 0.6) is 5.75 Å². The molecule has 15 heavy (non-hydrogen) atoms. The first-order valence-electron chi connectivity index (χ1n) is 3.73. The Morgan fingerprint density at radius 1 is 1.33 bits per heavy atom. The minimum Gasteiger partial charge on any atom is -0.507 e. The molecule has 1 aromatic rings. The van der Waals surface area contributed by atoms with E-state index in [9.17, 15) is 17.6 Å². The highest BCUT2D eigenvalue weighted by molar-refractivity contribution is 9.10. The Hall–Kier alpha value is -0.820. The standard InChI is InChI=1S/C8H6BrF4NO/c9-4-1-3(6(15)2-5(4)10)7(14)8(11,12)13/h1-2,7,15H,14H2/t7-/m1/s1. The van der Waals surface area contributed by atoms with Crippen LogP contribution in [0.25, 0.3) is 0 Å². The number of halogens is 5. The molecule has 0 unspecified atom stereocenters. The van der Waals surface area contributed by atoms with E-state index < -0.39 is 29.3 Å². The third-order valence-electron chi connectivity index (χ3n) is 1.76.